The van der Waals surface area contributed by atoms with Gasteiger partial charge in [0.05, 0.1) is 22.6 Å². The number of hydrogen-bond acceptors (Lipinski definition) is 9. The molecule has 188 valence electrons. The van der Waals surface area contributed by atoms with Crippen LogP contribution in [0.3, 0.4) is 0 Å². The average molecular weight is 513 g/mol. The van der Waals surface area contributed by atoms with E-state index in [4.69, 9.17) is 18.4 Å². The first kappa shape index (κ1) is 25.5. The summed E-state index contributed by atoms with van der Waals surface area (Å²) >= 11 is 0. The van der Waals surface area contributed by atoms with Crippen molar-refractivity contribution in [1.29, 1.82) is 0 Å². The van der Waals surface area contributed by atoms with Crippen LogP contribution in [0, 0.1) is 6.92 Å². The number of carbonyl (C=O) groups is 2. The molecule has 0 bridgehead atoms. The predicted molar refractivity (Wildman–Crippen MR) is 126 cm³/mol. The van der Waals surface area contributed by atoms with Crippen molar-refractivity contribution < 1.29 is 41.5 Å². The van der Waals surface area contributed by atoms with Crippen LogP contribution in [0.15, 0.2) is 89.8 Å². The number of esters is 2. The fourth-order valence-corrected chi connectivity index (χ4v) is 4.66. The highest BCUT2D eigenvalue weighted by Gasteiger charge is 2.48. The van der Waals surface area contributed by atoms with Gasteiger partial charge in [0.25, 0.3) is 10.1 Å². The molecule has 0 aliphatic carbocycles. The van der Waals surface area contributed by atoms with E-state index in [0.717, 1.165) is 5.56 Å². The first-order chi connectivity index (χ1) is 17.2. The van der Waals surface area contributed by atoms with Crippen LogP contribution in [0.1, 0.15) is 26.3 Å². The maximum Gasteiger partial charge on any atom is 0.338 e. The number of hydrogen-bond donors (Lipinski definition) is 1. The number of aryl methyl sites for hydroxylation is 1. The number of benzene rings is 3. The van der Waals surface area contributed by atoms with E-state index in [1.807, 2.05) is 0 Å². The molecule has 4 rings (SSSR count). The molecule has 3 aromatic carbocycles. The minimum absolute atomic E-state index is 0.157. The van der Waals surface area contributed by atoms with Gasteiger partial charge in [0.2, 0.25) is 0 Å². The van der Waals surface area contributed by atoms with Gasteiger partial charge in [-0.15, -0.1) is 0 Å². The van der Waals surface area contributed by atoms with E-state index in [9.17, 15) is 23.1 Å². The predicted octanol–water partition coefficient (Wildman–Crippen LogP) is 2.87. The second kappa shape index (κ2) is 11.0. The lowest BCUT2D eigenvalue weighted by atomic mass is 10.0. The minimum atomic E-state index is -4.42. The van der Waals surface area contributed by atoms with Crippen molar-refractivity contribution in [2.75, 3.05) is 6.61 Å². The lowest BCUT2D eigenvalue weighted by molar-refractivity contribution is -0.245. The number of rotatable bonds is 7. The third-order valence-electron chi connectivity index (χ3n) is 5.47. The van der Waals surface area contributed by atoms with Crippen LogP contribution in [-0.4, -0.2) is 56.7 Å². The lowest BCUT2D eigenvalue weighted by Crippen LogP contribution is -2.57. The highest BCUT2D eigenvalue weighted by atomic mass is 32.2. The van der Waals surface area contributed by atoms with Crippen LogP contribution in [-0.2, 0) is 28.5 Å². The van der Waals surface area contributed by atoms with E-state index in [1.165, 1.54) is 36.4 Å². The van der Waals surface area contributed by atoms with E-state index in [0.29, 0.717) is 0 Å². The van der Waals surface area contributed by atoms with Crippen molar-refractivity contribution in [2.24, 2.45) is 0 Å². The second-order valence-corrected chi connectivity index (χ2v) is 9.67. The van der Waals surface area contributed by atoms with Crippen molar-refractivity contribution in [2.45, 2.75) is 36.4 Å². The van der Waals surface area contributed by atoms with Gasteiger partial charge < -0.3 is 19.3 Å². The van der Waals surface area contributed by atoms with Crippen molar-refractivity contribution >= 4 is 22.1 Å². The van der Waals surface area contributed by atoms with Crippen LogP contribution >= 0.6 is 0 Å². The smallest absolute Gasteiger partial charge is 0.338 e. The van der Waals surface area contributed by atoms with E-state index in [2.05, 4.69) is 0 Å². The van der Waals surface area contributed by atoms with Crippen molar-refractivity contribution in [3.05, 3.63) is 102 Å². The summed E-state index contributed by atoms with van der Waals surface area (Å²) in [5.41, 5.74) is 1.20. The summed E-state index contributed by atoms with van der Waals surface area (Å²) in [6.45, 7) is 1.40. The molecule has 1 aliphatic heterocycles. The zero-order valence-corrected chi connectivity index (χ0v) is 20.0. The number of ether oxygens (including phenoxy) is 3. The molecule has 3 aromatic rings. The lowest BCUT2D eigenvalue weighted by Gasteiger charge is -2.38. The van der Waals surface area contributed by atoms with Crippen molar-refractivity contribution in [3.63, 3.8) is 0 Å². The first-order valence-electron chi connectivity index (χ1n) is 11.1. The molecule has 0 spiro atoms. The topological polar surface area (TPSA) is 125 Å². The Morgan fingerprint density at radius 1 is 0.806 bits per heavy atom. The van der Waals surface area contributed by atoms with Gasteiger partial charge in [0.1, 0.15) is 0 Å². The third kappa shape index (κ3) is 5.97. The maximum absolute atomic E-state index is 13.1. The Kier molecular flexibility index (Phi) is 7.80. The molecule has 9 nitrogen and oxygen atoms in total. The van der Waals surface area contributed by atoms with Crippen LogP contribution in [0.25, 0.3) is 0 Å². The zero-order valence-electron chi connectivity index (χ0n) is 19.2. The van der Waals surface area contributed by atoms with E-state index < -0.39 is 53.3 Å². The fourth-order valence-electron chi connectivity index (χ4n) is 3.55. The maximum atomic E-state index is 13.1. The molecular weight excluding hydrogens is 488 g/mol. The molecule has 10 heteroatoms. The molecule has 0 unspecified atom stereocenters. The summed E-state index contributed by atoms with van der Waals surface area (Å²) in [4.78, 5) is 25.3. The summed E-state index contributed by atoms with van der Waals surface area (Å²) < 4.78 is 47.8. The summed E-state index contributed by atoms with van der Waals surface area (Å²) in [5, 5.41) is 10.5. The quantitative estimate of drug-likeness (QED) is 0.376. The van der Waals surface area contributed by atoms with Gasteiger partial charge in [-0.1, -0.05) is 54.1 Å². The molecule has 4 atom stereocenters. The Hall–Kier alpha value is -3.57. The Morgan fingerprint density at radius 3 is 1.89 bits per heavy atom. The second-order valence-electron chi connectivity index (χ2n) is 8.10. The molecule has 0 amide bonds. The first-order valence-corrected chi connectivity index (χ1v) is 12.5. The molecule has 1 heterocycles. The van der Waals surface area contributed by atoms with Crippen molar-refractivity contribution in [1.82, 2.24) is 0 Å². The Balaban J connectivity index is 1.64. The standard InChI is InChI=1S/C26H24O9S/c1-17-12-14-20(15-13-17)36(30,31)35-22-21(33-24(27)18-8-4-2-5-9-18)16-32-26(29)23(22)34-25(28)19-10-6-3-7-11-19/h2-15,21-23,26,29H,16H2,1H3/t21-,22+,23+,26-/m0/s1. The molecule has 0 saturated carbocycles. The van der Waals surface area contributed by atoms with Crippen LogP contribution in [0.2, 0.25) is 0 Å². The average Bonchev–Trinajstić information content (AvgIpc) is 2.88. The van der Waals surface area contributed by atoms with E-state index in [-0.39, 0.29) is 16.0 Å². The normalized spacial score (nSPS) is 21.9. The monoisotopic (exact) mass is 512 g/mol. The summed E-state index contributed by atoms with van der Waals surface area (Å²) in [6, 6.07) is 21.8. The van der Waals surface area contributed by atoms with Gasteiger partial charge in [-0.25, -0.2) is 9.59 Å². The summed E-state index contributed by atoms with van der Waals surface area (Å²) in [6.07, 6.45) is -6.28. The van der Waals surface area contributed by atoms with Crippen LogP contribution in [0.5, 0.6) is 0 Å². The molecule has 1 fully saturated rings. The molecule has 1 N–H and O–H groups in total. The fraction of sp³-hybridized carbons (Fsp3) is 0.231. The molecule has 1 aliphatic rings. The van der Waals surface area contributed by atoms with Gasteiger partial charge >= 0.3 is 11.9 Å². The van der Waals surface area contributed by atoms with E-state index in [1.54, 1.807) is 55.5 Å². The molecule has 0 radical (unpaired) electrons. The van der Waals surface area contributed by atoms with Crippen LogP contribution in [0.4, 0.5) is 0 Å². The highest BCUT2D eigenvalue weighted by molar-refractivity contribution is 7.86. The molecule has 36 heavy (non-hydrogen) atoms. The molecule has 1 saturated heterocycles. The summed E-state index contributed by atoms with van der Waals surface area (Å²) in [7, 11) is -4.42. The Bertz CT molecular complexity index is 1290. The van der Waals surface area contributed by atoms with Gasteiger partial charge in [-0.2, -0.15) is 8.42 Å². The van der Waals surface area contributed by atoms with E-state index >= 15 is 0 Å². The van der Waals surface area contributed by atoms with Gasteiger partial charge in [-0.3, -0.25) is 4.18 Å². The van der Waals surface area contributed by atoms with Gasteiger partial charge in [0.15, 0.2) is 24.6 Å². The number of aliphatic hydroxyl groups is 1. The summed E-state index contributed by atoms with van der Waals surface area (Å²) in [5.74, 6) is -1.62. The van der Waals surface area contributed by atoms with Crippen molar-refractivity contribution in [3.8, 4) is 0 Å². The number of aliphatic hydroxyl groups excluding tert-OH is 1. The Labute approximate surface area is 208 Å². The molecule has 0 aromatic heterocycles. The van der Waals surface area contributed by atoms with Crippen LogP contribution < -0.4 is 0 Å². The Morgan fingerprint density at radius 2 is 1.33 bits per heavy atom. The largest absolute Gasteiger partial charge is 0.453 e. The molecular formula is C26H24O9S. The number of carbonyl (C=O) groups excluding carboxylic acids is 2. The SMILES string of the molecule is Cc1ccc(S(=O)(=O)O[C@H]2[C@@H](OC(=O)c3ccccc3)[C@@H](O)OC[C@@H]2OC(=O)c2ccccc2)cc1. The van der Waals surface area contributed by atoms with Gasteiger partial charge in [-0.05, 0) is 43.3 Å². The minimum Gasteiger partial charge on any atom is -0.453 e. The van der Waals surface area contributed by atoms with Gasteiger partial charge in [0, 0.05) is 0 Å². The third-order valence-corrected chi connectivity index (χ3v) is 6.80. The highest BCUT2D eigenvalue weighted by Crippen LogP contribution is 2.28. The zero-order chi connectivity index (χ0) is 25.7.